The van der Waals surface area contributed by atoms with Crippen molar-refractivity contribution in [2.45, 2.75) is 13.5 Å². The fraction of sp³-hybridized carbons (Fsp3) is 0.250. The van der Waals surface area contributed by atoms with Crippen LogP contribution in [0.15, 0.2) is 24.4 Å². The van der Waals surface area contributed by atoms with Crippen molar-refractivity contribution in [2.75, 3.05) is 0 Å². The Balaban J connectivity index is 2.62. The highest BCUT2D eigenvalue weighted by Gasteiger charge is 2.10. The first-order valence-electron chi connectivity index (χ1n) is 5.11. The Morgan fingerprint density at radius 2 is 2.12 bits per heavy atom. The van der Waals surface area contributed by atoms with Crippen molar-refractivity contribution in [3.63, 3.8) is 0 Å². The van der Waals surface area contributed by atoms with E-state index in [1.165, 1.54) is 12.1 Å². The number of aromatic nitrogens is 2. The van der Waals surface area contributed by atoms with E-state index in [1.54, 1.807) is 10.7 Å². The van der Waals surface area contributed by atoms with Gasteiger partial charge in [-0.25, -0.2) is 4.39 Å². The van der Waals surface area contributed by atoms with Crippen molar-refractivity contribution in [2.24, 2.45) is 12.8 Å². The minimum atomic E-state index is -0.254. The third kappa shape index (κ3) is 1.84. The van der Waals surface area contributed by atoms with E-state index in [9.17, 15) is 4.39 Å². The van der Waals surface area contributed by atoms with E-state index in [-0.39, 0.29) is 5.82 Å². The van der Waals surface area contributed by atoms with Gasteiger partial charge in [-0.15, -0.1) is 0 Å². The first-order chi connectivity index (χ1) is 7.61. The second-order valence-electron chi connectivity index (χ2n) is 3.81. The van der Waals surface area contributed by atoms with Gasteiger partial charge >= 0.3 is 0 Å². The maximum absolute atomic E-state index is 13.2. The summed E-state index contributed by atoms with van der Waals surface area (Å²) in [5.74, 6) is -0.254. The SMILES string of the molecule is Cc1nn(C)cc1-c1cc(F)ccc1CN. The molecule has 0 amide bonds. The Morgan fingerprint density at radius 1 is 1.38 bits per heavy atom. The van der Waals surface area contributed by atoms with Crippen LogP contribution in [0.1, 0.15) is 11.3 Å². The fourth-order valence-corrected chi connectivity index (χ4v) is 1.84. The van der Waals surface area contributed by atoms with Crippen LogP contribution in [0.4, 0.5) is 4.39 Å². The molecule has 0 saturated heterocycles. The van der Waals surface area contributed by atoms with Gasteiger partial charge in [-0.2, -0.15) is 5.10 Å². The Morgan fingerprint density at radius 3 is 2.69 bits per heavy atom. The number of rotatable bonds is 2. The third-order valence-electron chi connectivity index (χ3n) is 2.60. The second kappa shape index (κ2) is 4.06. The summed E-state index contributed by atoms with van der Waals surface area (Å²) >= 11 is 0. The lowest BCUT2D eigenvalue weighted by Gasteiger charge is -2.06. The van der Waals surface area contributed by atoms with Gasteiger partial charge < -0.3 is 5.73 Å². The van der Waals surface area contributed by atoms with Crippen LogP contribution in [-0.4, -0.2) is 9.78 Å². The first kappa shape index (κ1) is 10.8. The molecule has 0 atom stereocenters. The molecule has 0 bridgehead atoms. The molecular weight excluding hydrogens is 205 g/mol. The summed E-state index contributed by atoms with van der Waals surface area (Å²) in [5.41, 5.74) is 9.21. The number of benzene rings is 1. The molecular formula is C12H14FN3. The molecule has 1 aromatic carbocycles. The van der Waals surface area contributed by atoms with Gasteiger partial charge in [-0.05, 0) is 30.2 Å². The molecule has 0 aliphatic rings. The Kier molecular flexibility index (Phi) is 2.75. The molecule has 1 aromatic heterocycles. The van der Waals surface area contributed by atoms with E-state index in [2.05, 4.69) is 5.10 Å². The topological polar surface area (TPSA) is 43.8 Å². The zero-order valence-electron chi connectivity index (χ0n) is 9.37. The van der Waals surface area contributed by atoms with Crippen LogP contribution in [0.25, 0.3) is 11.1 Å². The number of nitrogens with zero attached hydrogens (tertiary/aromatic N) is 2. The standard InChI is InChI=1S/C12H14FN3/c1-8-12(7-16(2)15-8)11-5-10(13)4-3-9(11)6-14/h3-5,7H,6,14H2,1-2H3. The van der Waals surface area contributed by atoms with Gasteiger partial charge in [0.05, 0.1) is 5.69 Å². The first-order valence-corrected chi connectivity index (χ1v) is 5.11. The smallest absolute Gasteiger partial charge is 0.123 e. The summed E-state index contributed by atoms with van der Waals surface area (Å²) in [4.78, 5) is 0. The zero-order valence-corrected chi connectivity index (χ0v) is 9.37. The monoisotopic (exact) mass is 219 g/mol. The summed E-state index contributed by atoms with van der Waals surface area (Å²) in [7, 11) is 1.85. The lowest BCUT2D eigenvalue weighted by molar-refractivity contribution is 0.627. The summed E-state index contributed by atoms with van der Waals surface area (Å²) in [6, 6.07) is 4.65. The molecule has 84 valence electrons. The molecule has 4 heteroatoms. The van der Waals surface area contributed by atoms with Crippen LogP contribution in [0.3, 0.4) is 0 Å². The molecule has 1 heterocycles. The number of nitrogens with two attached hydrogens (primary N) is 1. The van der Waals surface area contributed by atoms with Gasteiger partial charge in [0.1, 0.15) is 5.82 Å². The molecule has 0 unspecified atom stereocenters. The normalized spacial score (nSPS) is 10.8. The zero-order chi connectivity index (χ0) is 11.7. The van der Waals surface area contributed by atoms with Crippen molar-refractivity contribution in [3.8, 4) is 11.1 Å². The van der Waals surface area contributed by atoms with Crippen LogP contribution in [0.2, 0.25) is 0 Å². The predicted octanol–water partition coefficient (Wildman–Crippen LogP) is 1.99. The van der Waals surface area contributed by atoms with E-state index >= 15 is 0 Å². The molecule has 0 saturated carbocycles. The van der Waals surface area contributed by atoms with Gasteiger partial charge in [0.2, 0.25) is 0 Å². The lowest BCUT2D eigenvalue weighted by atomic mass is 10.0. The molecule has 2 rings (SSSR count). The fourth-order valence-electron chi connectivity index (χ4n) is 1.84. The summed E-state index contributed by atoms with van der Waals surface area (Å²) in [5, 5.41) is 4.25. The highest BCUT2D eigenvalue weighted by atomic mass is 19.1. The van der Waals surface area contributed by atoms with Crippen molar-refractivity contribution in [3.05, 3.63) is 41.5 Å². The van der Waals surface area contributed by atoms with E-state index < -0.39 is 0 Å². The van der Waals surface area contributed by atoms with Crippen molar-refractivity contribution in [1.82, 2.24) is 9.78 Å². The minimum absolute atomic E-state index is 0.254. The van der Waals surface area contributed by atoms with Gasteiger partial charge in [0.25, 0.3) is 0 Å². The van der Waals surface area contributed by atoms with Crippen LogP contribution in [0, 0.1) is 12.7 Å². The Bertz CT molecular complexity index is 517. The quantitative estimate of drug-likeness (QED) is 0.839. The number of hydrogen-bond donors (Lipinski definition) is 1. The maximum atomic E-state index is 13.2. The van der Waals surface area contributed by atoms with E-state index in [1.807, 2.05) is 20.2 Å². The largest absolute Gasteiger partial charge is 0.326 e. The van der Waals surface area contributed by atoms with Crippen LogP contribution in [0.5, 0.6) is 0 Å². The van der Waals surface area contributed by atoms with Gasteiger partial charge in [-0.1, -0.05) is 6.07 Å². The number of halogens is 1. The van der Waals surface area contributed by atoms with Crippen molar-refractivity contribution in [1.29, 1.82) is 0 Å². The van der Waals surface area contributed by atoms with Gasteiger partial charge in [0, 0.05) is 25.4 Å². The molecule has 0 aliphatic carbocycles. The number of aryl methyl sites for hydroxylation is 2. The highest BCUT2D eigenvalue weighted by Crippen LogP contribution is 2.26. The van der Waals surface area contributed by atoms with Crippen LogP contribution < -0.4 is 5.73 Å². The highest BCUT2D eigenvalue weighted by molar-refractivity contribution is 5.68. The Hall–Kier alpha value is -1.68. The molecule has 0 radical (unpaired) electrons. The molecule has 16 heavy (non-hydrogen) atoms. The average molecular weight is 219 g/mol. The minimum Gasteiger partial charge on any atom is -0.326 e. The molecule has 2 N–H and O–H groups in total. The van der Waals surface area contributed by atoms with Crippen molar-refractivity contribution >= 4 is 0 Å². The summed E-state index contributed by atoms with van der Waals surface area (Å²) in [6.07, 6.45) is 1.88. The number of hydrogen-bond acceptors (Lipinski definition) is 2. The van der Waals surface area contributed by atoms with Gasteiger partial charge in [-0.3, -0.25) is 4.68 Å². The summed E-state index contributed by atoms with van der Waals surface area (Å²) in [6.45, 7) is 2.30. The second-order valence-corrected chi connectivity index (χ2v) is 3.81. The summed E-state index contributed by atoms with van der Waals surface area (Å²) < 4.78 is 15.0. The third-order valence-corrected chi connectivity index (χ3v) is 2.60. The molecule has 2 aromatic rings. The van der Waals surface area contributed by atoms with Crippen molar-refractivity contribution < 1.29 is 4.39 Å². The average Bonchev–Trinajstić information content (AvgIpc) is 2.57. The van der Waals surface area contributed by atoms with E-state index in [4.69, 9.17) is 5.73 Å². The van der Waals surface area contributed by atoms with E-state index in [0.717, 1.165) is 22.4 Å². The molecule has 3 nitrogen and oxygen atoms in total. The van der Waals surface area contributed by atoms with E-state index in [0.29, 0.717) is 6.54 Å². The molecule has 0 aliphatic heterocycles. The van der Waals surface area contributed by atoms with Gasteiger partial charge in [0.15, 0.2) is 0 Å². The van der Waals surface area contributed by atoms with Crippen LogP contribution in [-0.2, 0) is 13.6 Å². The Labute approximate surface area is 93.7 Å². The van der Waals surface area contributed by atoms with Crippen LogP contribution >= 0.6 is 0 Å². The predicted molar refractivity (Wildman–Crippen MR) is 61.2 cm³/mol. The maximum Gasteiger partial charge on any atom is 0.123 e. The lowest BCUT2D eigenvalue weighted by Crippen LogP contribution is -1.99. The molecule has 0 fully saturated rings. The molecule has 0 spiro atoms.